The van der Waals surface area contributed by atoms with Crippen molar-refractivity contribution in [3.8, 4) is 0 Å². The first kappa shape index (κ1) is 27.3. The van der Waals surface area contributed by atoms with E-state index in [9.17, 15) is 14.7 Å². The Labute approximate surface area is 211 Å². The van der Waals surface area contributed by atoms with Gasteiger partial charge in [-0.25, -0.2) is 4.79 Å². The molecule has 1 unspecified atom stereocenters. The Hall–Kier alpha value is 0.256. The molecule has 1 atom stereocenters. The molecular formula is C17H22Cl2KNO6. The normalized spacial score (nSPS) is 20.2. The number of carbonyl (C=O) groups excluding carboxylic acids is 2. The van der Waals surface area contributed by atoms with Gasteiger partial charge in [-0.05, 0) is 38.5 Å². The average molecular weight is 446 g/mol. The number of halogens is 2. The van der Waals surface area contributed by atoms with Crippen LogP contribution in [0.3, 0.4) is 0 Å². The number of Topliss-reactive ketones (excluding diaryl/α,β-unsaturated/α-hetero) is 1. The van der Waals surface area contributed by atoms with Crippen molar-refractivity contribution in [3.05, 3.63) is 33.8 Å². The van der Waals surface area contributed by atoms with Crippen LogP contribution in [0, 0.1) is 0 Å². The quantitative estimate of drug-likeness (QED) is 0.634. The zero-order valence-electron chi connectivity index (χ0n) is 15.8. The summed E-state index contributed by atoms with van der Waals surface area (Å²) in [5.74, 6) is -0.461. The Morgan fingerprint density at radius 3 is 2.48 bits per heavy atom. The molecule has 2 N–H and O–H groups in total. The van der Waals surface area contributed by atoms with E-state index in [1.165, 1.54) is 17.0 Å². The zero-order valence-corrected chi connectivity index (χ0v) is 20.4. The Balaban J connectivity index is 0.00000338. The number of carbonyl (C=O) groups is 2. The van der Waals surface area contributed by atoms with E-state index >= 15 is 0 Å². The van der Waals surface area contributed by atoms with Crippen molar-refractivity contribution >= 4 is 35.1 Å². The summed E-state index contributed by atoms with van der Waals surface area (Å²) < 4.78 is 11.0. The van der Waals surface area contributed by atoms with Crippen molar-refractivity contribution in [2.75, 3.05) is 26.3 Å². The zero-order chi connectivity index (χ0) is 18.8. The maximum Gasteiger partial charge on any atom is 1.00 e. The topological polar surface area (TPSA) is 106 Å². The molecule has 1 heterocycles. The van der Waals surface area contributed by atoms with Crippen LogP contribution in [0.1, 0.15) is 26.3 Å². The van der Waals surface area contributed by atoms with Crippen LogP contribution in [0.2, 0.25) is 10.0 Å². The van der Waals surface area contributed by atoms with E-state index in [1.54, 1.807) is 26.8 Å². The van der Waals surface area contributed by atoms with Crippen LogP contribution in [0.5, 0.6) is 0 Å². The summed E-state index contributed by atoms with van der Waals surface area (Å²) in [6.07, 6.45) is -0.604. The molecule has 0 bridgehead atoms. The molecule has 0 aromatic heterocycles. The summed E-state index contributed by atoms with van der Waals surface area (Å²) in [5, 5.41) is 10.5. The summed E-state index contributed by atoms with van der Waals surface area (Å²) in [7, 11) is 0. The number of ketones is 1. The molecule has 0 radical (unpaired) electrons. The second-order valence-electron chi connectivity index (χ2n) is 6.79. The van der Waals surface area contributed by atoms with Gasteiger partial charge in [-0.15, -0.1) is 0 Å². The molecule has 1 saturated heterocycles. The molecule has 1 fully saturated rings. The number of ether oxygens (including phenoxy) is 2. The smallest absolute Gasteiger partial charge is 0.870 e. The van der Waals surface area contributed by atoms with E-state index < -0.39 is 29.7 Å². The van der Waals surface area contributed by atoms with Gasteiger partial charge in [0.1, 0.15) is 5.60 Å². The summed E-state index contributed by atoms with van der Waals surface area (Å²) >= 11 is 11.9. The molecule has 0 saturated carbocycles. The van der Waals surface area contributed by atoms with Crippen LogP contribution in [0.4, 0.5) is 4.79 Å². The fourth-order valence-corrected chi connectivity index (χ4v) is 2.79. The summed E-state index contributed by atoms with van der Waals surface area (Å²) in [5.41, 5.74) is -1.88. The first-order valence-electron chi connectivity index (χ1n) is 7.80. The van der Waals surface area contributed by atoms with Crippen molar-refractivity contribution in [2.24, 2.45) is 0 Å². The maximum absolute atomic E-state index is 12.8. The molecule has 1 aromatic carbocycles. The standard InChI is InChI=1S/C17H21Cl2NO5.K.H2O/c1-16(2,3)25-15(23)20-6-7-24-17(10-21,14(22)9-20)11-4-5-12(18)13(19)8-11;;/h4-5,8,21H,6-7,9-10H2,1-3H3;;1H2/q;+1;/p-1. The predicted octanol–water partition coefficient (Wildman–Crippen LogP) is -0.155. The number of aliphatic hydroxyl groups is 1. The molecule has 146 valence electrons. The first-order chi connectivity index (χ1) is 11.6. The second kappa shape index (κ2) is 10.9. The van der Waals surface area contributed by atoms with E-state index in [1.807, 2.05) is 0 Å². The number of benzene rings is 1. The molecule has 1 aliphatic rings. The van der Waals surface area contributed by atoms with Crippen LogP contribution < -0.4 is 51.4 Å². The molecular weight excluding hydrogens is 424 g/mol. The summed E-state index contributed by atoms with van der Waals surface area (Å²) in [6.45, 7) is 4.65. The summed E-state index contributed by atoms with van der Waals surface area (Å²) in [6, 6.07) is 4.59. The Kier molecular flexibility index (Phi) is 11.0. The van der Waals surface area contributed by atoms with E-state index in [4.69, 9.17) is 32.7 Å². The van der Waals surface area contributed by atoms with E-state index in [-0.39, 0.29) is 81.6 Å². The van der Waals surface area contributed by atoms with Crippen molar-refractivity contribution in [1.29, 1.82) is 0 Å². The van der Waals surface area contributed by atoms with Gasteiger partial charge >= 0.3 is 57.5 Å². The Morgan fingerprint density at radius 2 is 1.96 bits per heavy atom. The fourth-order valence-electron chi connectivity index (χ4n) is 2.49. The molecule has 1 aromatic rings. The van der Waals surface area contributed by atoms with Gasteiger partial charge in [-0.1, -0.05) is 29.3 Å². The Bertz CT molecular complexity index is 682. The number of hydrogen-bond acceptors (Lipinski definition) is 6. The van der Waals surface area contributed by atoms with E-state index in [2.05, 4.69) is 0 Å². The van der Waals surface area contributed by atoms with Gasteiger partial charge in [0, 0.05) is 6.54 Å². The van der Waals surface area contributed by atoms with Gasteiger partial charge < -0.3 is 20.1 Å². The van der Waals surface area contributed by atoms with Crippen molar-refractivity contribution in [1.82, 2.24) is 4.90 Å². The van der Waals surface area contributed by atoms with Gasteiger partial charge in [0.2, 0.25) is 0 Å². The molecule has 2 rings (SSSR count). The van der Waals surface area contributed by atoms with Crippen LogP contribution in [0.15, 0.2) is 18.2 Å². The van der Waals surface area contributed by atoms with Crippen LogP contribution in [-0.4, -0.2) is 59.3 Å². The van der Waals surface area contributed by atoms with Gasteiger partial charge in [-0.3, -0.25) is 9.69 Å². The number of amides is 1. The minimum atomic E-state index is -1.59. The van der Waals surface area contributed by atoms with Gasteiger partial charge in [0.25, 0.3) is 0 Å². The molecule has 27 heavy (non-hydrogen) atoms. The third kappa shape index (κ3) is 6.63. The van der Waals surface area contributed by atoms with Gasteiger partial charge in [0.05, 0.1) is 29.8 Å². The number of aliphatic hydroxyl groups excluding tert-OH is 1. The maximum atomic E-state index is 12.8. The minimum absolute atomic E-state index is 0. The fraction of sp³-hybridized carbons (Fsp3) is 0.529. The molecule has 0 aliphatic carbocycles. The second-order valence-corrected chi connectivity index (χ2v) is 7.60. The molecule has 7 nitrogen and oxygen atoms in total. The number of rotatable bonds is 2. The third-order valence-electron chi connectivity index (χ3n) is 3.75. The predicted molar refractivity (Wildman–Crippen MR) is 95.9 cm³/mol. The van der Waals surface area contributed by atoms with Crippen molar-refractivity contribution < 1.29 is 81.0 Å². The minimum Gasteiger partial charge on any atom is -0.870 e. The van der Waals surface area contributed by atoms with Crippen LogP contribution >= 0.6 is 23.2 Å². The third-order valence-corrected chi connectivity index (χ3v) is 4.49. The Morgan fingerprint density at radius 1 is 1.33 bits per heavy atom. The van der Waals surface area contributed by atoms with E-state index in [0.717, 1.165) is 0 Å². The van der Waals surface area contributed by atoms with E-state index in [0.29, 0.717) is 10.6 Å². The molecule has 0 spiro atoms. The van der Waals surface area contributed by atoms with Crippen LogP contribution in [0.25, 0.3) is 0 Å². The average Bonchev–Trinajstić information content (AvgIpc) is 2.68. The monoisotopic (exact) mass is 445 g/mol. The van der Waals surface area contributed by atoms with Gasteiger partial charge in [0.15, 0.2) is 11.4 Å². The van der Waals surface area contributed by atoms with Crippen LogP contribution in [-0.2, 0) is 19.9 Å². The van der Waals surface area contributed by atoms with Crippen molar-refractivity contribution in [3.63, 3.8) is 0 Å². The summed E-state index contributed by atoms with van der Waals surface area (Å²) in [4.78, 5) is 26.3. The van der Waals surface area contributed by atoms with Gasteiger partial charge in [-0.2, -0.15) is 0 Å². The molecule has 1 amide bonds. The number of nitrogens with zero attached hydrogens (tertiary/aromatic N) is 1. The molecule has 1 aliphatic heterocycles. The molecule has 10 heteroatoms. The number of hydrogen-bond donors (Lipinski definition) is 1. The van der Waals surface area contributed by atoms with Crippen molar-refractivity contribution in [2.45, 2.75) is 32.0 Å². The SMILES string of the molecule is CC(C)(C)OC(=O)N1CCOC(CO)(c2ccc(Cl)c(Cl)c2)C(=O)C1.[K+].[OH-]. The first-order valence-corrected chi connectivity index (χ1v) is 8.56. The largest absolute Gasteiger partial charge is 1.00 e.